The third kappa shape index (κ3) is 26.8. The number of anilines is 1. The van der Waals surface area contributed by atoms with Crippen LogP contribution in [-0.4, -0.2) is 223 Å². The van der Waals surface area contributed by atoms with Crippen LogP contribution in [0.25, 0.3) is 22.3 Å². The molecule has 4 aliphatic heterocycles. The van der Waals surface area contributed by atoms with Crippen LogP contribution in [0.3, 0.4) is 0 Å². The van der Waals surface area contributed by atoms with Gasteiger partial charge in [0.15, 0.2) is 53.7 Å². The molecule has 0 spiro atoms. The van der Waals surface area contributed by atoms with Gasteiger partial charge in [-0.15, -0.1) is 0 Å². The van der Waals surface area contributed by atoms with Crippen LogP contribution in [0.2, 0.25) is 0 Å². The Labute approximate surface area is 686 Å². The Morgan fingerprint density at radius 1 is 0.556 bits per heavy atom. The SMILES string of the molecule is CCN=COP(C)OC1CC(n2c(C)nc3c(=O)[nH]c(N=CC(C)C)nc32)OC1CC.CCN=COP(C)OC1CC(n2c(C)nc3c(N=CN(C)C)ncnc32)OC1CC.CCN=COP(C)OC1CC(n2cc(C)c(=O)[nH]c2=O)OC1CC.CCN=COP(C)OC1CC(n2cc(C)c(NC(=O)c3ccccc3)nc2=O)OC1CC. The van der Waals surface area contributed by atoms with E-state index in [0.717, 1.165) is 31.5 Å². The van der Waals surface area contributed by atoms with E-state index in [1.54, 1.807) is 56.9 Å². The summed E-state index contributed by atoms with van der Waals surface area (Å²) in [4.78, 5) is 119. The van der Waals surface area contributed by atoms with Crippen LogP contribution in [0.5, 0.6) is 0 Å². The average Bonchev–Trinajstić information content (AvgIpc) is 1.62. The van der Waals surface area contributed by atoms with Gasteiger partial charge in [-0.05, 0) is 99.1 Å². The smallest absolute Gasteiger partial charge is 0.351 e. The van der Waals surface area contributed by atoms with Crippen molar-refractivity contribution < 1.29 is 59.9 Å². The fourth-order valence-corrected chi connectivity index (χ4v) is 16.1. The molecule has 6 aromatic heterocycles. The number of carbonyl (C=O) groups is 1. The number of amides is 1. The van der Waals surface area contributed by atoms with Gasteiger partial charge in [0.1, 0.15) is 48.7 Å². The number of hydrogen-bond acceptors (Lipinski definition) is 29. The lowest BCUT2D eigenvalue weighted by Gasteiger charge is -2.20. The zero-order valence-corrected chi connectivity index (χ0v) is 74.0. The molecule has 4 aliphatic rings. The number of nitrogens with one attached hydrogen (secondary N) is 3. The van der Waals surface area contributed by atoms with Crippen molar-refractivity contribution in [3.05, 3.63) is 119 Å². The summed E-state index contributed by atoms with van der Waals surface area (Å²) >= 11 is 0. The first-order valence-corrected chi connectivity index (χ1v) is 45.7. The van der Waals surface area contributed by atoms with Gasteiger partial charge in [0.25, 0.3) is 17.0 Å². The van der Waals surface area contributed by atoms with Gasteiger partial charge in [0.2, 0.25) is 39.5 Å². The molecule has 0 aliphatic carbocycles. The molecule has 640 valence electrons. The number of ether oxygens (including phenoxy) is 4. The van der Waals surface area contributed by atoms with Gasteiger partial charge < -0.3 is 65.4 Å². The van der Waals surface area contributed by atoms with E-state index in [9.17, 15) is 24.0 Å². The molecule has 41 heteroatoms. The molecular formula is C76H114N20O17P4. The topological polar surface area (TPSA) is 414 Å². The van der Waals surface area contributed by atoms with Crippen LogP contribution in [0, 0.1) is 33.6 Å². The summed E-state index contributed by atoms with van der Waals surface area (Å²) in [5.74, 6) is 2.40. The Kier molecular flexibility index (Phi) is 37.6. The van der Waals surface area contributed by atoms with Crippen molar-refractivity contribution in [2.45, 2.75) is 222 Å². The minimum absolute atomic E-state index is 0.0309. The summed E-state index contributed by atoms with van der Waals surface area (Å²) in [6.45, 7) is 37.3. The molecule has 10 heterocycles. The Hall–Kier alpha value is -8.43. The molecule has 0 saturated carbocycles. The highest BCUT2D eigenvalue weighted by molar-refractivity contribution is 7.47. The van der Waals surface area contributed by atoms with Crippen LogP contribution in [0.15, 0.2) is 98.2 Å². The van der Waals surface area contributed by atoms with Crippen LogP contribution < -0.4 is 27.8 Å². The largest absolute Gasteiger partial charge is 0.437 e. The summed E-state index contributed by atoms with van der Waals surface area (Å²) in [6, 6.07) is 8.78. The van der Waals surface area contributed by atoms with Crippen LogP contribution in [-0.2, 0) is 55.1 Å². The number of nitrogens with zero attached hydrogens (tertiary/aromatic N) is 17. The van der Waals surface area contributed by atoms with Crippen molar-refractivity contribution in [1.82, 2.24) is 63.0 Å². The summed E-state index contributed by atoms with van der Waals surface area (Å²) in [7, 11) is -0.653. The number of aliphatic imine (C=N–C) groups is 6. The molecule has 3 N–H and O–H groups in total. The van der Waals surface area contributed by atoms with Crippen molar-refractivity contribution in [3.8, 4) is 0 Å². The lowest BCUT2D eigenvalue weighted by atomic mass is 10.1. The third-order valence-corrected chi connectivity index (χ3v) is 22.1. The molecule has 4 saturated heterocycles. The van der Waals surface area contributed by atoms with E-state index < -0.39 is 57.3 Å². The quantitative estimate of drug-likeness (QED) is 0.0191. The fourth-order valence-electron chi connectivity index (χ4n) is 12.7. The van der Waals surface area contributed by atoms with Gasteiger partial charge in [-0.2, -0.15) is 9.97 Å². The van der Waals surface area contributed by atoms with Crippen LogP contribution in [0.1, 0.15) is 179 Å². The maximum atomic E-state index is 12.7. The normalized spacial score (nSPS) is 23.1. The number of carbonyl (C=O) groups excluding carboxylic acids is 1. The third-order valence-electron chi connectivity index (χ3n) is 18.3. The summed E-state index contributed by atoms with van der Waals surface area (Å²) in [5, 5.41) is 2.71. The maximum Gasteiger partial charge on any atom is 0.351 e. The highest BCUT2D eigenvalue weighted by Crippen LogP contribution is 2.47. The predicted molar refractivity (Wildman–Crippen MR) is 458 cm³/mol. The zero-order valence-electron chi connectivity index (χ0n) is 70.4. The predicted octanol–water partition coefficient (Wildman–Crippen LogP) is 13.1. The molecule has 37 nitrogen and oxygen atoms in total. The first kappa shape index (κ1) is 94.1. The molecule has 117 heavy (non-hydrogen) atoms. The average molecular weight is 1700 g/mol. The zero-order chi connectivity index (χ0) is 85.0. The van der Waals surface area contributed by atoms with Crippen molar-refractivity contribution in [2.75, 3.05) is 72.3 Å². The second-order valence-electron chi connectivity index (χ2n) is 27.7. The Morgan fingerprint density at radius 2 is 0.991 bits per heavy atom. The minimum Gasteiger partial charge on any atom is -0.437 e. The molecule has 7 aromatic rings. The number of benzene rings is 1. The number of fused-ring (bicyclic) bond motifs is 2. The number of aryl methyl sites for hydroxylation is 4. The molecule has 16 atom stereocenters. The van der Waals surface area contributed by atoms with Crippen LogP contribution >= 0.6 is 33.5 Å². The minimum atomic E-state index is -1.15. The first-order chi connectivity index (χ1) is 56.2. The highest BCUT2D eigenvalue weighted by Gasteiger charge is 2.43. The molecule has 16 unspecified atom stereocenters. The van der Waals surface area contributed by atoms with E-state index in [2.05, 4.69) is 89.0 Å². The van der Waals surface area contributed by atoms with Crippen LogP contribution in [0.4, 0.5) is 17.6 Å². The summed E-state index contributed by atoms with van der Waals surface area (Å²) in [5.41, 5.74) is 2.05. The van der Waals surface area contributed by atoms with E-state index in [0.29, 0.717) is 97.0 Å². The maximum absolute atomic E-state index is 12.7. The van der Waals surface area contributed by atoms with E-state index in [1.165, 1.54) is 47.3 Å². The molecular weight excluding hydrogens is 1590 g/mol. The Balaban J connectivity index is 0.000000196. The molecule has 4 fully saturated rings. The van der Waals surface area contributed by atoms with Gasteiger partial charge in [0, 0.05) is 128 Å². The van der Waals surface area contributed by atoms with Gasteiger partial charge in [-0.1, -0.05) is 59.7 Å². The van der Waals surface area contributed by atoms with E-state index in [1.807, 2.05) is 130 Å². The standard InChI is InChI=1S/C22H29N4O5P.C20H31N6O4P.C19H30N7O3P.C15H24N3O5P/c1-5-17-18(31-32(4)29-14-23-6-2)12-19(30-17)26-13-15(3)20(25-22(26)28)24-21(27)16-10-8-7-9-11-16;1-7-14-15(30-31(6)28-11-21-8-2)9-16(29-14)26-13(5)23-17-18(26)24-20(25-19(17)27)22-10-12(3)4;1-7-14-15(29-30(6)27-12-20-8-2)9-16(28-14)26-13(3)24-17-18(23-11-25(4)5)21-10-22-19(17)26;1-5-11-12(23-24(4)21-9-16-6-2)7-13(22-11)18-8-10(3)14(19)17-15(18)20/h7-11,13-14,17-19H,5-6,12H2,1-4H3,(H,24,25,27,28);10-12,14-16H,7-9H2,1-6H3,(H,24,25,27);10-12,14-16H,7-9H2,1-6H3;8-9,11-13H,5-7H2,1-4H3,(H,17,19,20). The lowest BCUT2D eigenvalue weighted by Crippen LogP contribution is -2.33. The number of hydrogen-bond donors (Lipinski definition) is 3. The highest BCUT2D eigenvalue weighted by atomic mass is 31.2. The van der Waals surface area contributed by atoms with Crippen molar-refractivity contribution in [1.29, 1.82) is 0 Å². The number of rotatable bonds is 34. The Morgan fingerprint density at radius 3 is 1.44 bits per heavy atom. The lowest BCUT2D eigenvalue weighted by molar-refractivity contribution is -0.0177. The van der Waals surface area contributed by atoms with E-state index >= 15 is 0 Å². The van der Waals surface area contributed by atoms with Gasteiger partial charge >= 0.3 is 11.4 Å². The number of aromatic nitrogens is 12. The van der Waals surface area contributed by atoms with Crippen molar-refractivity contribution in [3.63, 3.8) is 0 Å². The number of aromatic amines is 2. The summed E-state index contributed by atoms with van der Waals surface area (Å²) in [6.07, 6.45) is 16.8. The van der Waals surface area contributed by atoms with E-state index in [4.69, 9.17) is 55.1 Å². The molecule has 1 aromatic carbocycles. The molecule has 11 rings (SSSR count). The van der Waals surface area contributed by atoms with Crippen molar-refractivity contribution in [2.24, 2.45) is 35.9 Å². The molecule has 1 amide bonds. The van der Waals surface area contributed by atoms with Crippen molar-refractivity contribution >= 4 is 117 Å². The summed E-state index contributed by atoms with van der Waals surface area (Å²) < 4.78 is 77.7. The fraction of sp³-hybridized carbons (Fsp3) is 0.592. The van der Waals surface area contributed by atoms with Gasteiger partial charge in [-0.25, -0.2) is 39.5 Å². The van der Waals surface area contributed by atoms with Gasteiger partial charge in [0.05, 0.1) is 55.2 Å². The molecule has 0 bridgehead atoms. The second-order valence-corrected chi connectivity index (χ2v) is 33.0. The monoisotopic (exact) mass is 1700 g/mol. The first-order valence-electron chi connectivity index (χ1n) is 39.2. The number of H-pyrrole nitrogens is 2. The molecule has 0 radical (unpaired) electrons. The number of imidazole rings is 2. The van der Waals surface area contributed by atoms with E-state index in [-0.39, 0.29) is 102 Å². The second kappa shape index (κ2) is 46.8. The Bertz CT molecular complexity index is 4750. The van der Waals surface area contributed by atoms with Gasteiger partial charge in [-0.3, -0.25) is 62.6 Å².